The van der Waals surface area contributed by atoms with Crippen LogP contribution in [0.25, 0.3) is 6.08 Å². The SMILES string of the molecule is O=C(C=Cc1cccc(Cl)c1)Nc1nccs1. The van der Waals surface area contributed by atoms with Gasteiger partial charge in [0.1, 0.15) is 0 Å². The van der Waals surface area contributed by atoms with Crippen LogP contribution in [0.3, 0.4) is 0 Å². The van der Waals surface area contributed by atoms with E-state index in [4.69, 9.17) is 11.6 Å². The van der Waals surface area contributed by atoms with E-state index in [1.54, 1.807) is 29.8 Å². The molecule has 0 aliphatic carbocycles. The zero-order valence-corrected chi connectivity index (χ0v) is 10.3. The van der Waals surface area contributed by atoms with Gasteiger partial charge in [-0.25, -0.2) is 4.98 Å². The molecule has 1 aromatic carbocycles. The molecule has 0 radical (unpaired) electrons. The van der Waals surface area contributed by atoms with Crippen molar-refractivity contribution in [2.24, 2.45) is 0 Å². The number of nitrogens with one attached hydrogen (secondary N) is 1. The number of rotatable bonds is 3. The number of hydrogen-bond donors (Lipinski definition) is 1. The number of hydrogen-bond acceptors (Lipinski definition) is 3. The van der Waals surface area contributed by atoms with Gasteiger partial charge in [-0.15, -0.1) is 11.3 Å². The molecule has 0 aliphatic rings. The van der Waals surface area contributed by atoms with Crippen LogP contribution in [0.5, 0.6) is 0 Å². The van der Waals surface area contributed by atoms with Gasteiger partial charge in [0, 0.05) is 22.7 Å². The first-order valence-corrected chi connectivity index (χ1v) is 6.14. The van der Waals surface area contributed by atoms with Crippen LogP contribution < -0.4 is 5.32 Å². The highest BCUT2D eigenvalue weighted by Crippen LogP contribution is 2.13. The third-order valence-electron chi connectivity index (χ3n) is 1.94. The van der Waals surface area contributed by atoms with E-state index in [0.29, 0.717) is 10.2 Å². The Hall–Kier alpha value is -1.65. The second-order valence-electron chi connectivity index (χ2n) is 3.21. The molecule has 2 rings (SSSR count). The van der Waals surface area contributed by atoms with Gasteiger partial charge in [0.25, 0.3) is 0 Å². The summed E-state index contributed by atoms with van der Waals surface area (Å²) in [7, 11) is 0. The van der Waals surface area contributed by atoms with Crippen molar-refractivity contribution in [1.29, 1.82) is 0 Å². The molecule has 0 atom stereocenters. The summed E-state index contributed by atoms with van der Waals surface area (Å²) in [5.74, 6) is -0.208. The summed E-state index contributed by atoms with van der Waals surface area (Å²) in [6, 6.07) is 7.28. The third-order valence-corrected chi connectivity index (χ3v) is 2.86. The van der Waals surface area contributed by atoms with E-state index < -0.39 is 0 Å². The first-order chi connectivity index (χ1) is 8.24. The minimum Gasteiger partial charge on any atom is -0.298 e. The summed E-state index contributed by atoms with van der Waals surface area (Å²) >= 11 is 7.21. The molecule has 0 saturated carbocycles. The Morgan fingerprint density at radius 2 is 2.35 bits per heavy atom. The van der Waals surface area contributed by atoms with E-state index in [9.17, 15) is 4.79 Å². The predicted molar refractivity (Wildman–Crippen MR) is 71.2 cm³/mol. The van der Waals surface area contributed by atoms with Crippen molar-refractivity contribution in [3.05, 3.63) is 52.5 Å². The number of benzene rings is 1. The Bertz CT molecular complexity index is 537. The molecule has 0 fully saturated rings. The fourth-order valence-electron chi connectivity index (χ4n) is 1.21. The molecule has 0 unspecified atom stereocenters. The quantitative estimate of drug-likeness (QED) is 0.863. The number of halogens is 1. The number of aromatic nitrogens is 1. The topological polar surface area (TPSA) is 42.0 Å². The summed E-state index contributed by atoms with van der Waals surface area (Å²) in [6.45, 7) is 0. The lowest BCUT2D eigenvalue weighted by molar-refractivity contribution is -0.111. The molecule has 5 heteroatoms. The molecule has 17 heavy (non-hydrogen) atoms. The number of anilines is 1. The molecular formula is C12H9ClN2OS. The van der Waals surface area contributed by atoms with Crippen LogP contribution in [0.15, 0.2) is 41.9 Å². The monoisotopic (exact) mass is 264 g/mol. The maximum Gasteiger partial charge on any atom is 0.250 e. The number of amides is 1. The average molecular weight is 265 g/mol. The highest BCUT2D eigenvalue weighted by Gasteiger charge is 1.99. The van der Waals surface area contributed by atoms with Gasteiger partial charge in [0.15, 0.2) is 5.13 Å². The van der Waals surface area contributed by atoms with Crippen molar-refractivity contribution < 1.29 is 4.79 Å². The first kappa shape index (κ1) is 11.8. The fraction of sp³-hybridized carbons (Fsp3) is 0. The van der Waals surface area contributed by atoms with Gasteiger partial charge >= 0.3 is 0 Å². The zero-order chi connectivity index (χ0) is 12.1. The largest absolute Gasteiger partial charge is 0.298 e. The summed E-state index contributed by atoms with van der Waals surface area (Å²) in [6.07, 6.45) is 4.79. The van der Waals surface area contributed by atoms with Crippen LogP contribution in [0.2, 0.25) is 5.02 Å². The summed E-state index contributed by atoms with van der Waals surface area (Å²) < 4.78 is 0. The maximum atomic E-state index is 11.5. The van der Waals surface area contributed by atoms with Crippen molar-refractivity contribution in [3.63, 3.8) is 0 Å². The molecule has 3 nitrogen and oxygen atoms in total. The third kappa shape index (κ3) is 3.69. The Balaban J connectivity index is 1.99. The summed E-state index contributed by atoms with van der Waals surface area (Å²) in [5.41, 5.74) is 0.881. The van der Waals surface area contributed by atoms with Gasteiger partial charge in [-0.05, 0) is 23.8 Å². The zero-order valence-electron chi connectivity index (χ0n) is 8.76. The first-order valence-electron chi connectivity index (χ1n) is 4.88. The predicted octanol–water partition coefficient (Wildman–Crippen LogP) is 3.45. The van der Waals surface area contributed by atoms with Gasteiger partial charge in [0.05, 0.1) is 0 Å². The molecule has 2 aromatic rings. The van der Waals surface area contributed by atoms with Crippen molar-refractivity contribution in [1.82, 2.24) is 4.98 Å². The van der Waals surface area contributed by atoms with Crippen LogP contribution in [-0.4, -0.2) is 10.9 Å². The Labute approximate surface area is 108 Å². The lowest BCUT2D eigenvalue weighted by Crippen LogP contribution is -2.06. The number of nitrogens with zero attached hydrogens (tertiary/aromatic N) is 1. The molecular weight excluding hydrogens is 256 g/mol. The highest BCUT2D eigenvalue weighted by atomic mass is 35.5. The second-order valence-corrected chi connectivity index (χ2v) is 4.55. The Morgan fingerprint density at radius 1 is 1.47 bits per heavy atom. The van der Waals surface area contributed by atoms with E-state index in [1.165, 1.54) is 17.4 Å². The standard InChI is InChI=1S/C12H9ClN2OS/c13-10-3-1-2-9(8-10)4-5-11(16)15-12-14-6-7-17-12/h1-8H,(H,14,15,16). The molecule has 0 aliphatic heterocycles. The van der Waals surface area contributed by atoms with E-state index in [-0.39, 0.29) is 5.91 Å². The van der Waals surface area contributed by atoms with E-state index >= 15 is 0 Å². The van der Waals surface area contributed by atoms with Crippen molar-refractivity contribution in [2.45, 2.75) is 0 Å². The van der Waals surface area contributed by atoms with Crippen molar-refractivity contribution in [3.8, 4) is 0 Å². The van der Waals surface area contributed by atoms with Gasteiger partial charge in [0.2, 0.25) is 5.91 Å². The number of carbonyl (C=O) groups excluding carboxylic acids is 1. The molecule has 0 bridgehead atoms. The van der Waals surface area contributed by atoms with E-state index in [1.807, 2.05) is 12.1 Å². The molecule has 0 saturated heterocycles. The minimum atomic E-state index is -0.208. The van der Waals surface area contributed by atoms with Crippen molar-refractivity contribution in [2.75, 3.05) is 5.32 Å². The van der Waals surface area contributed by atoms with Gasteiger partial charge in [-0.2, -0.15) is 0 Å². The number of thiazole rings is 1. The maximum absolute atomic E-state index is 11.5. The summed E-state index contributed by atoms with van der Waals surface area (Å²) in [5, 5.41) is 5.69. The van der Waals surface area contributed by atoms with Crippen LogP contribution >= 0.6 is 22.9 Å². The lowest BCUT2D eigenvalue weighted by Gasteiger charge is -1.96. The minimum absolute atomic E-state index is 0.208. The fourth-order valence-corrected chi connectivity index (χ4v) is 1.94. The van der Waals surface area contributed by atoms with Gasteiger partial charge in [-0.3, -0.25) is 10.1 Å². The Morgan fingerprint density at radius 3 is 3.06 bits per heavy atom. The summed E-state index contributed by atoms with van der Waals surface area (Å²) in [4.78, 5) is 15.5. The van der Waals surface area contributed by atoms with Crippen LogP contribution in [0.4, 0.5) is 5.13 Å². The molecule has 1 amide bonds. The average Bonchev–Trinajstić information content (AvgIpc) is 2.79. The normalized spacial score (nSPS) is 10.6. The molecule has 1 aromatic heterocycles. The van der Waals surface area contributed by atoms with Crippen LogP contribution in [0, 0.1) is 0 Å². The molecule has 0 spiro atoms. The van der Waals surface area contributed by atoms with Crippen LogP contribution in [-0.2, 0) is 4.79 Å². The highest BCUT2D eigenvalue weighted by molar-refractivity contribution is 7.13. The van der Waals surface area contributed by atoms with Gasteiger partial charge in [-0.1, -0.05) is 23.7 Å². The molecule has 1 N–H and O–H groups in total. The van der Waals surface area contributed by atoms with E-state index in [0.717, 1.165) is 5.56 Å². The van der Waals surface area contributed by atoms with E-state index in [2.05, 4.69) is 10.3 Å². The smallest absolute Gasteiger partial charge is 0.250 e. The molecule has 86 valence electrons. The van der Waals surface area contributed by atoms with Crippen molar-refractivity contribution >= 4 is 40.1 Å². The number of carbonyl (C=O) groups is 1. The van der Waals surface area contributed by atoms with Gasteiger partial charge < -0.3 is 0 Å². The lowest BCUT2D eigenvalue weighted by atomic mass is 10.2. The van der Waals surface area contributed by atoms with Crippen LogP contribution in [0.1, 0.15) is 5.56 Å². The molecule has 1 heterocycles. The Kier molecular flexibility index (Phi) is 3.90. The second kappa shape index (κ2) is 5.61.